The number of hydrogen-bond donors (Lipinski definition) is 1. The third-order valence-corrected chi connectivity index (χ3v) is 2.59. The molecule has 1 aliphatic carbocycles. The molecule has 1 unspecified atom stereocenters. The lowest BCUT2D eigenvalue weighted by molar-refractivity contribution is -0.157. The zero-order chi connectivity index (χ0) is 9.84. The molecular formula is C9H14O4. The van der Waals surface area contributed by atoms with E-state index >= 15 is 0 Å². The molecule has 74 valence electrons. The van der Waals surface area contributed by atoms with Crippen molar-refractivity contribution in [3.8, 4) is 0 Å². The van der Waals surface area contributed by atoms with Crippen LogP contribution in [0.1, 0.15) is 25.7 Å². The van der Waals surface area contributed by atoms with Gasteiger partial charge in [0.25, 0.3) is 0 Å². The quantitative estimate of drug-likeness (QED) is 0.655. The van der Waals surface area contributed by atoms with Crippen molar-refractivity contribution in [2.45, 2.75) is 25.7 Å². The van der Waals surface area contributed by atoms with Crippen molar-refractivity contribution < 1.29 is 19.4 Å². The van der Waals surface area contributed by atoms with Gasteiger partial charge in [-0.05, 0) is 12.8 Å². The van der Waals surface area contributed by atoms with Crippen LogP contribution in [0, 0.1) is 11.8 Å². The van der Waals surface area contributed by atoms with Crippen LogP contribution in [0.25, 0.3) is 0 Å². The van der Waals surface area contributed by atoms with Crippen LogP contribution in [0.3, 0.4) is 0 Å². The average molecular weight is 186 g/mol. The number of hydrogen-bond acceptors (Lipinski definition) is 3. The van der Waals surface area contributed by atoms with Crippen LogP contribution in [0.5, 0.6) is 0 Å². The lowest BCUT2D eigenvalue weighted by Crippen LogP contribution is -2.33. The number of aliphatic carboxylic acids is 1. The zero-order valence-corrected chi connectivity index (χ0v) is 7.66. The van der Waals surface area contributed by atoms with Gasteiger partial charge in [-0.1, -0.05) is 12.8 Å². The van der Waals surface area contributed by atoms with Gasteiger partial charge in [-0.15, -0.1) is 0 Å². The van der Waals surface area contributed by atoms with Gasteiger partial charge in [0.2, 0.25) is 0 Å². The van der Waals surface area contributed by atoms with E-state index in [1.54, 1.807) is 0 Å². The number of methoxy groups -OCH3 is 1. The molecule has 0 radical (unpaired) electrons. The Kier molecular flexibility index (Phi) is 3.28. The smallest absolute Gasteiger partial charge is 0.309 e. The second-order valence-corrected chi connectivity index (χ2v) is 3.36. The van der Waals surface area contributed by atoms with Gasteiger partial charge >= 0.3 is 11.9 Å². The number of carboxylic acids is 1. The summed E-state index contributed by atoms with van der Waals surface area (Å²) in [5.41, 5.74) is 0. The van der Waals surface area contributed by atoms with Crippen molar-refractivity contribution in [3.05, 3.63) is 0 Å². The van der Waals surface area contributed by atoms with Gasteiger partial charge in [-0.2, -0.15) is 0 Å². The van der Waals surface area contributed by atoms with E-state index in [1.807, 2.05) is 0 Å². The second kappa shape index (κ2) is 4.25. The standard InChI is InChI=1S/C9H14O4/c1-13-9(12)7-5-3-2-4-6(7)8(10)11/h6-7H,2-5H2,1H3,(H,10,11)/t6?,7-/m1/s1. The van der Waals surface area contributed by atoms with Gasteiger partial charge in [0, 0.05) is 0 Å². The number of carbonyl (C=O) groups excluding carboxylic acids is 1. The first-order valence-electron chi connectivity index (χ1n) is 4.47. The highest BCUT2D eigenvalue weighted by Gasteiger charge is 2.36. The van der Waals surface area contributed by atoms with Crippen LogP contribution in [-0.2, 0) is 14.3 Å². The van der Waals surface area contributed by atoms with Crippen molar-refractivity contribution in [3.63, 3.8) is 0 Å². The molecule has 2 atom stereocenters. The van der Waals surface area contributed by atoms with Crippen molar-refractivity contribution in [2.75, 3.05) is 7.11 Å². The van der Waals surface area contributed by atoms with Crippen LogP contribution in [0.4, 0.5) is 0 Å². The molecule has 0 spiro atoms. The first-order chi connectivity index (χ1) is 6.16. The molecule has 13 heavy (non-hydrogen) atoms. The Labute approximate surface area is 76.9 Å². The van der Waals surface area contributed by atoms with Gasteiger partial charge in [0.15, 0.2) is 0 Å². The molecule has 0 aromatic heterocycles. The van der Waals surface area contributed by atoms with Gasteiger partial charge in [-0.3, -0.25) is 9.59 Å². The summed E-state index contributed by atoms with van der Waals surface area (Å²) in [6.07, 6.45) is 3.05. The summed E-state index contributed by atoms with van der Waals surface area (Å²) in [5.74, 6) is -2.24. The molecule has 0 saturated heterocycles. The topological polar surface area (TPSA) is 63.6 Å². The summed E-state index contributed by atoms with van der Waals surface area (Å²) in [7, 11) is 1.30. The predicted molar refractivity (Wildman–Crippen MR) is 45.1 cm³/mol. The molecule has 1 aliphatic rings. The van der Waals surface area contributed by atoms with E-state index in [2.05, 4.69) is 4.74 Å². The van der Waals surface area contributed by atoms with E-state index in [0.717, 1.165) is 12.8 Å². The van der Waals surface area contributed by atoms with E-state index in [0.29, 0.717) is 12.8 Å². The lowest BCUT2D eigenvalue weighted by Gasteiger charge is -2.25. The Bertz CT molecular complexity index is 212. The molecule has 4 nitrogen and oxygen atoms in total. The Morgan fingerprint density at radius 2 is 1.77 bits per heavy atom. The minimum atomic E-state index is -0.880. The summed E-state index contributed by atoms with van der Waals surface area (Å²) in [4.78, 5) is 22.0. The van der Waals surface area contributed by atoms with Gasteiger partial charge in [0.1, 0.15) is 0 Å². The molecule has 0 bridgehead atoms. The van der Waals surface area contributed by atoms with Crippen LogP contribution in [-0.4, -0.2) is 24.2 Å². The SMILES string of the molecule is COC(=O)[C@@H]1CCCCC1C(=O)O. The molecular weight excluding hydrogens is 172 g/mol. The van der Waals surface area contributed by atoms with Gasteiger partial charge in [-0.25, -0.2) is 0 Å². The Hall–Kier alpha value is -1.06. The van der Waals surface area contributed by atoms with Crippen molar-refractivity contribution in [1.29, 1.82) is 0 Å². The van der Waals surface area contributed by atoms with E-state index in [4.69, 9.17) is 5.11 Å². The fourth-order valence-corrected chi connectivity index (χ4v) is 1.86. The fraction of sp³-hybridized carbons (Fsp3) is 0.778. The summed E-state index contributed by atoms with van der Waals surface area (Å²) >= 11 is 0. The second-order valence-electron chi connectivity index (χ2n) is 3.36. The Morgan fingerprint density at radius 3 is 2.23 bits per heavy atom. The van der Waals surface area contributed by atoms with Crippen molar-refractivity contribution in [1.82, 2.24) is 0 Å². The monoisotopic (exact) mass is 186 g/mol. The molecule has 0 amide bonds. The number of rotatable bonds is 2. The maximum atomic E-state index is 11.2. The maximum Gasteiger partial charge on any atom is 0.309 e. The molecule has 1 rings (SSSR count). The summed E-state index contributed by atoms with van der Waals surface area (Å²) in [6, 6.07) is 0. The predicted octanol–water partition coefficient (Wildman–Crippen LogP) is 1.05. The van der Waals surface area contributed by atoms with Gasteiger partial charge in [0.05, 0.1) is 18.9 Å². The minimum Gasteiger partial charge on any atom is -0.481 e. The van der Waals surface area contributed by atoms with Crippen molar-refractivity contribution in [2.24, 2.45) is 11.8 Å². The third-order valence-electron chi connectivity index (χ3n) is 2.59. The highest BCUT2D eigenvalue weighted by molar-refractivity contribution is 5.81. The third kappa shape index (κ3) is 2.20. The number of esters is 1. The fourth-order valence-electron chi connectivity index (χ4n) is 1.86. The molecule has 0 aromatic carbocycles. The Balaban J connectivity index is 2.67. The summed E-state index contributed by atoms with van der Waals surface area (Å²) in [5, 5.41) is 8.85. The van der Waals surface area contributed by atoms with E-state index < -0.39 is 17.8 Å². The van der Waals surface area contributed by atoms with Crippen LogP contribution in [0.2, 0.25) is 0 Å². The molecule has 0 heterocycles. The van der Waals surface area contributed by atoms with Crippen molar-refractivity contribution >= 4 is 11.9 Å². The molecule has 0 aromatic rings. The first kappa shape index (κ1) is 10.0. The number of ether oxygens (including phenoxy) is 1. The van der Waals surface area contributed by atoms with E-state index in [-0.39, 0.29) is 5.97 Å². The average Bonchev–Trinajstić information content (AvgIpc) is 2.16. The van der Waals surface area contributed by atoms with E-state index in [1.165, 1.54) is 7.11 Å². The highest BCUT2D eigenvalue weighted by atomic mass is 16.5. The molecule has 1 N–H and O–H groups in total. The Morgan fingerprint density at radius 1 is 1.23 bits per heavy atom. The van der Waals surface area contributed by atoms with Gasteiger partial charge < -0.3 is 9.84 Å². The van der Waals surface area contributed by atoms with Crippen LogP contribution in [0.15, 0.2) is 0 Å². The number of carbonyl (C=O) groups is 2. The molecule has 0 aliphatic heterocycles. The molecule has 4 heteroatoms. The highest BCUT2D eigenvalue weighted by Crippen LogP contribution is 2.30. The lowest BCUT2D eigenvalue weighted by atomic mass is 9.79. The zero-order valence-electron chi connectivity index (χ0n) is 7.66. The number of carboxylic acid groups (broad SMARTS) is 1. The van der Waals surface area contributed by atoms with E-state index in [9.17, 15) is 9.59 Å². The van der Waals surface area contributed by atoms with Crippen LogP contribution >= 0.6 is 0 Å². The summed E-state index contributed by atoms with van der Waals surface area (Å²) < 4.78 is 4.57. The molecule has 1 fully saturated rings. The first-order valence-corrected chi connectivity index (χ1v) is 4.47. The van der Waals surface area contributed by atoms with Crippen LogP contribution < -0.4 is 0 Å². The molecule has 1 saturated carbocycles. The normalized spacial score (nSPS) is 28.1. The minimum absolute atomic E-state index is 0.382. The summed E-state index contributed by atoms with van der Waals surface area (Å²) in [6.45, 7) is 0. The largest absolute Gasteiger partial charge is 0.481 e. The maximum absolute atomic E-state index is 11.2.